The fraction of sp³-hybridized carbons (Fsp3) is 0.385. The SMILES string of the molecule is CO.O=Cc1cc(C2CC2)c2nn(C(F)F)cc2c1. The van der Waals surface area contributed by atoms with E-state index in [4.69, 9.17) is 5.11 Å². The Balaban J connectivity index is 0.000000637. The highest BCUT2D eigenvalue weighted by Gasteiger charge is 2.27. The van der Waals surface area contributed by atoms with Gasteiger partial charge in [-0.1, -0.05) is 0 Å². The smallest absolute Gasteiger partial charge is 0.333 e. The Morgan fingerprint density at radius 1 is 1.42 bits per heavy atom. The van der Waals surface area contributed by atoms with Gasteiger partial charge in [0.15, 0.2) is 0 Å². The molecule has 6 heteroatoms. The molecule has 1 saturated carbocycles. The van der Waals surface area contributed by atoms with Crippen LogP contribution in [0.2, 0.25) is 0 Å². The van der Waals surface area contributed by atoms with Gasteiger partial charge in [0.1, 0.15) is 6.29 Å². The molecule has 1 heterocycles. The third kappa shape index (κ3) is 2.63. The van der Waals surface area contributed by atoms with Crippen molar-refractivity contribution in [3.8, 4) is 0 Å². The molecule has 19 heavy (non-hydrogen) atoms. The zero-order valence-corrected chi connectivity index (χ0v) is 10.4. The number of hydrogen-bond acceptors (Lipinski definition) is 3. The Hall–Kier alpha value is -1.82. The van der Waals surface area contributed by atoms with Crippen LogP contribution in [-0.4, -0.2) is 28.3 Å². The first-order valence-corrected chi connectivity index (χ1v) is 5.90. The number of aliphatic hydroxyl groups excluding tert-OH is 1. The van der Waals surface area contributed by atoms with E-state index < -0.39 is 6.55 Å². The number of aldehydes is 1. The van der Waals surface area contributed by atoms with E-state index in [2.05, 4.69) is 5.10 Å². The minimum atomic E-state index is -2.64. The van der Waals surface area contributed by atoms with E-state index in [1.807, 2.05) is 0 Å². The first kappa shape index (κ1) is 13.6. The van der Waals surface area contributed by atoms with Crippen LogP contribution >= 0.6 is 0 Å². The molecule has 0 radical (unpaired) electrons. The predicted molar refractivity (Wildman–Crippen MR) is 66.5 cm³/mol. The van der Waals surface area contributed by atoms with Crippen molar-refractivity contribution in [1.29, 1.82) is 0 Å². The Morgan fingerprint density at radius 3 is 2.63 bits per heavy atom. The van der Waals surface area contributed by atoms with E-state index in [-0.39, 0.29) is 0 Å². The van der Waals surface area contributed by atoms with Gasteiger partial charge in [0, 0.05) is 24.3 Å². The van der Waals surface area contributed by atoms with Gasteiger partial charge in [-0.15, -0.1) is 0 Å². The number of benzene rings is 1. The molecule has 0 unspecified atom stereocenters. The maximum Gasteiger partial charge on any atom is 0.333 e. The van der Waals surface area contributed by atoms with Crippen LogP contribution in [0.3, 0.4) is 0 Å². The highest BCUT2D eigenvalue weighted by molar-refractivity contribution is 5.89. The van der Waals surface area contributed by atoms with Gasteiger partial charge in [-0.25, -0.2) is 4.68 Å². The molecular formula is C13H14F2N2O2. The van der Waals surface area contributed by atoms with Crippen LogP contribution < -0.4 is 0 Å². The van der Waals surface area contributed by atoms with Crippen molar-refractivity contribution in [2.24, 2.45) is 0 Å². The molecule has 0 aliphatic heterocycles. The first-order chi connectivity index (χ1) is 9.19. The zero-order chi connectivity index (χ0) is 14.0. The van der Waals surface area contributed by atoms with E-state index in [0.717, 1.165) is 31.8 Å². The average molecular weight is 268 g/mol. The Morgan fingerprint density at radius 2 is 2.11 bits per heavy atom. The Kier molecular flexibility index (Phi) is 3.90. The summed E-state index contributed by atoms with van der Waals surface area (Å²) in [5, 5.41) is 11.5. The lowest BCUT2D eigenvalue weighted by Gasteiger charge is -2.00. The molecule has 0 amide bonds. The number of hydrogen-bond donors (Lipinski definition) is 1. The van der Waals surface area contributed by atoms with E-state index >= 15 is 0 Å². The third-order valence-electron chi connectivity index (χ3n) is 3.03. The summed E-state index contributed by atoms with van der Waals surface area (Å²) in [6.07, 6.45) is 4.11. The van der Waals surface area contributed by atoms with Crippen molar-refractivity contribution in [2.75, 3.05) is 7.11 Å². The summed E-state index contributed by atoms with van der Waals surface area (Å²) >= 11 is 0. The molecule has 0 atom stereocenters. The first-order valence-electron chi connectivity index (χ1n) is 5.90. The van der Waals surface area contributed by atoms with Crippen LogP contribution in [0.1, 0.15) is 41.2 Å². The lowest BCUT2D eigenvalue weighted by molar-refractivity contribution is 0.0573. The molecule has 1 aliphatic carbocycles. The van der Waals surface area contributed by atoms with Crippen LogP contribution in [0.4, 0.5) is 8.78 Å². The summed E-state index contributed by atoms with van der Waals surface area (Å²) in [6, 6.07) is 3.36. The van der Waals surface area contributed by atoms with Crippen molar-refractivity contribution in [2.45, 2.75) is 25.3 Å². The molecule has 0 spiro atoms. The van der Waals surface area contributed by atoms with E-state index in [1.54, 1.807) is 12.1 Å². The summed E-state index contributed by atoms with van der Waals surface area (Å²) in [5.74, 6) is 0.374. The number of halogens is 2. The molecule has 4 nitrogen and oxygen atoms in total. The number of carbonyl (C=O) groups is 1. The molecule has 0 bridgehead atoms. The van der Waals surface area contributed by atoms with E-state index in [0.29, 0.717) is 27.1 Å². The topological polar surface area (TPSA) is 55.1 Å². The number of nitrogens with zero attached hydrogens (tertiary/aromatic N) is 2. The van der Waals surface area contributed by atoms with Crippen molar-refractivity contribution in [3.63, 3.8) is 0 Å². The van der Waals surface area contributed by atoms with Crippen molar-refractivity contribution in [1.82, 2.24) is 9.78 Å². The van der Waals surface area contributed by atoms with Gasteiger partial charge in [0.25, 0.3) is 0 Å². The molecule has 1 aromatic carbocycles. The number of aliphatic hydroxyl groups is 1. The molecule has 102 valence electrons. The number of carbonyl (C=O) groups excluding carboxylic acids is 1. The molecular weight excluding hydrogens is 254 g/mol. The molecule has 2 aromatic rings. The Bertz CT molecular complexity index is 592. The van der Waals surface area contributed by atoms with Crippen LogP contribution in [0.5, 0.6) is 0 Å². The zero-order valence-electron chi connectivity index (χ0n) is 10.4. The average Bonchev–Trinajstić information content (AvgIpc) is 3.18. The van der Waals surface area contributed by atoms with E-state index in [1.165, 1.54) is 6.20 Å². The predicted octanol–water partition coefficient (Wildman–Crippen LogP) is 2.73. The molecule has 0 saturated heterocycles. The summed E-state index contributed by atoms with van der Waals surface area (Å²) in [4.78, 5) is 10.8. The van der Waals surface area contributed by atoms with Crippen molar-refractivity contribution < 1.29 is 18.7 Å². The molecule has 1 N–H and O–H groups in total. The summed E-state index contributed by atoms with van der Waals surface area (Å²) in [7, 11) is 1.00. The Labute approximate surface area is 108 Å². The van der Waals surface area contributed by atoms with Gasteiger partial charge < -0.3 is 5.11 Å². The number of alkyl halides is 2. The molecule has 3 rings (SSSR count). The van der Waals surface area contributed by atoms with Crippen LogP contribution in [0.15, 0.2) is 18.3 Å². The highest BCUT2D eigenvalue weighted by Crippen LogP contribution is 2.43. The van der Waals surface area contributed by atoms with E-state index in [9.17, 15) is 13.6 Å². The summed E-state index contributed by atoms with van der Waals surface area (Å²) in [5.41, 5.74) is 2.04. The fourth-order valence-electron chi connectivity index (χ4n) is 2.08. The van der Waals surface area contributed by atoms with Crippen molar-refractivity contribution in [3.05, 3.63) is 29.5 Å². The highest BCUT2D eigenvalue weighted by atomic mass is 19.3. The lowest BCUT2D eigenvalue weighted by atomic mass is 10.0. The fourth-order valence-corrected chi connectivity index (χ4v) is 2.08. The second-order valence-corrected chi connectivity index (χ2v) is 4.33. The van der Waals surface area contributed by atoms with Gasteiger partial charge in [0.05, 0.1) is 5.52 Å². The second-order valence-electron chi connectivity index (χ2n) is 4.33. The monoisotopic (exact) mass is 268 g/mol. The second kappa shape index (κ2) is 5.44. The summed E-state index contributed by atoms with van der Waals surface area (Å²) < 4.78 is 25.8. The number of aromatic nitrogens is 2. The van der Waals surface area contributed by atoms with Gasteiger partial charge in [-0.3, -0.25) is 4.79 Å². The standard InChI is InChI=1S/C12H10F2N2O.CH4O/c13-12(14)16-5-9-3-7(6-17)4-10(8-1-2-8)11(9)15-16;1-2/h3-6,8,12H,1-2H2;2H,1H3. The minimum Gasteiger partial charge on any atom is -0.400 e. The van der Waals surface area contributed by atoms with Gasteiger partial charge in [0.2, 0.25) is 0 Å². The maximum atomic E-state index is 12.6. The summed E-state index contributed by atoms with van der Waals surface area (Å²) in [6.45, 7) is -2.64. The van der Waals surface area contributed by atoms with Gasteiger partial charge in [-0.2, -0.15) is 13.9 Å². The number of rotatable bonds is 3. The minimum absolute atomic E-state index is 0.374. The van der Waals surface area contributed by atoms with Gasteiger partial charge in [-0.05, 0) is 36.5 Å². The quantitative estimate of drug-likeness (QED) is 0.871. The molecule has 1 fully saturated rings. The van der Waals surface area contributed by atoms with Crippen molar-refractivity contribution >= 4 is 17.2 Å². The van der Waals surface area contributed by atoms with Crippen LogP contribution in [0.25, 0.3) is 10.9 Å². The normalized spacial score (nSPS) is 14.4. The van der Waals surface area contributed by atoms with Gasteiger partial charge >= 0.3 is 6.55 Å². The molecule has 1 aliphatic rings. The molecule has 1 aromatic heterocycles. The lowest BCUT2D eigenvalue weighted by Crippen LogP contribution is -1.97. The largest absolute Gasteiger partial charge is 0.400 e. The van der Waals surface area contributed by atoms with Crippen LogP contribution in [-0.2, 0) is 0 Å². The third-order valence-corrected chi connectivity index (χ3v) is 3.03. The number of fused-ring (bicyclic) bond motifs is 1. The van der Waals surface area contributed by atoms with Crippen LogP contribution in [0, 0.1) is 0 Å². The maximum absolute atomic E-state index is 12.6.